The largest absolute Gasteiger partial charge is 1.00 e. The van der Waals surface area contributed by atoms with Gasteiger partial charge in [0.15, 0.2) is 0 Å². The quantitative estimate of drug-likeness (QED) is 0.0321. The van der Waals surface area contributed by atoms with Gasteiger partial charge in [-0.1, -0.05) is 0 Å². The average Bonchev–Trinajstić information content (AvgIpc) is 2.93. The minimum absolute atomic E-state index is 0. The molecule has 0 saturated carbocycles. The van der Waals surface area contributed by atoms with Gasteiger partial charge in [0, 0.05) is 62.9 Å². The van der Waals surface area contributed by atoms with Crippen molar-refractivity contribution in [3.63, 3.8) is 0 Å². The van der Waals surface area contributed by atoms with E-state index >= 15 is 0 Å². The molecule has 0 saturated heterocycles. The number of thiol groups is 4. The first-order valence-electron chi connectivity index (χ1n) is 11.3. The molecule has 0 N–H and O–H groups in total. The third-order valence-corrected chi connectivity index (χ3v) is 16.7. The van der Waals surface area contributed by atoms with Gasteiger partial charge >= 0.3 is 118 Å². The number of alkyl halides is 1. The van der Waals surface area contributed by atoms with Crippen LogP contribution in [0.5, 0.6) is 0 Å². The second-order valence-electron chi connectivity index (χ2n) is 6.60. The van der Waals surface area contributed by atoms with Gasteiger partial charge in [-0.05, 0) is 33.5 Å². The Kier molecular flexibility index (Phi) is 92.3. The Morgan fingerprint density at radius 2 is 0.775 bits per heavy atom. The smallest absolute Gasteiger partial charge is 0.792 e. The molecule has 0 radical (unpaired) electrons. The molecule has 0 aromatic carbocycles. The zero-order valence-corrected chi connectivity index (χ0v) is 45.4. The molecule has 222 valence electrons. The summed E-state index contributed by atoms with van der Waals surface area (Å²) >= 11 is 54.0. The summed E-state index contributed by atoms with van der Waals surface area (Å²) in [5, 5.41) is 2.47. The first kappa shape index (κ1) is 64.2. The van der Waals surface area contributed by atoms with Crippen LogP contribution in [0.25, 0.3) is 0 Å². The molecule has 0 aliphatic heterocycles. The van der Waals surface area contributed by atoms with E-state index < -0.39 is 0 Å². The number of hydrogen-bond acceptors (Lipinski definition) is 14. The van der Waals surface area contributed by atoms with Crippen LogP contribution in [0.4, 0.5) is 0 Å². The van der Waals surface area contributed by atoms with Crippen LogP contribution in [0.1, 0.15) is 0 Å². The summed E-state index contributed by atoms with van der Waals surface area (Å²) in [7, 11) is 0. The number of halogens is 1. The Balaban J connectivity index is -0.0000000936. The molecule has 0 aliphatic rings. The van der Waals surface area contributed by atoms with Gasteiger partial charge in [0.1, 0.15) is 0 Å². The summed E-state index contributed by atoms with van der Waals surface area (Å²) in [6.45, 7) is 0. The van der Waals surface area contributed by atoms with Crippen LogP contribution in [0.2, 0.25) is 0 Å². The van der Waals surface area contributed by atoms with Gasteiger partial charge in [0.05, 0.1) is 0 Å². The van der Waals surface area contributed by atoms with Crippen molar-refractivity contribution in [1.29, 1.82) is 0 Å². The van der Waals surface area contributed by atoms with E-state index in [9.17, 15) is 0 Å². The Labute approximate surface area is 412 Å². The van der Waals surface area contributed by atoms with Crippen molar-refractivity contribution in [3.05, 3.63) is 0 Å². The summed E-state index contributed by atoms with van der Waals surface area (Å²) in [6.07, 6.45) is 1.47. The van der Waals surface area contributed by atoms with Crippen LogP contribution in [0.3, 0.4) is 0 Å². The van der Waals surface area contributed by atoms with E-state index in [0.29, 0.717) is 21.0 Å². The van der Waals surface area contributed by atoms with Crippen molar-refractivity contribution in [2.45, 2.75) is 21.0 Å². The number of thioether (sulfide) groups is 6. The van der Waals surface area contributed by atoms with Crippen molar-refractivity contribution >= 4 is 183 Å². The minimum Gasteiger partial charge on any atom is -0.792 e. The molecule has 19 heteroatoms. The molecule has 0 aromatic rings. The Morgan fingerprint density at radius 1 is 0.500 bits per heavy atom. The summed E-state index contributed by atoms with van der Waals surface area (Å²) in [6, 6.07) is 0. The fraction of sp³-hybridized carbons (Fsp3) is 1.00. The van der Waals surface area contributed by atoms with Gasteiger partial charge in [-0.3, -0.25) is 0 Å². The van der Waals surface area contributed by atoms with Crippen LogP contribution in [-0.4, -0.2) is 119 Å². The van der Waals surface area contributed by atoms with Crippen molar-refractivity contribution in [2.75, 3.05) is 98.4 Å². The third kappa shape index (κ3) is 49.3. The molecular weight excluding hydrogens is 829 g/mol. The molecule has 0 aliphatic carbocycles. The van der Waals surface area contributed by atoms with Crippen LogP contribution in [-0.2, 0) is 50.5 Å². The Morgan fingerprint density at radius 3 is 1.00 bits per heavy atom. The summed E-state index contributed by atoms with van der Waals surface area (Å²) in [5.74, 6) is 16.1. The van der Waals surface area contributed by atoms with E-state index in [-0.39, 0.29) is 118 Å². The van der Waals surface area contributed by atoms with Gasteiger partial charge < -0.3 is 50.5 Å². The van der Waals surface area contributed by atoms with E-state index in [1.165, 1.54) is 17.9 Å². The van der Waals surface area contributed by atoms with Crippen molar-refractivity contribution < 1.29 is 118 Å². The first-order chi connectivity index (χ1) is 17.6. The van der Waals surface area contributed by atoms with Gasteiger partial charge in [0.2, 0.25) is 0 Å². The Hall–Kier alpha value is 9.19. The molecule has 0 aromatic heterocycles. The van der Waals surface area contributed by atoms with E-state index in [0.717, 1.165) is 80.5 Å². The molecule has 0 nitrogen and oxygen atoms in total. The predicted octanol–water partition coefficient (Wildman–Crippen LogP) is -5.38. The molecule has 0 bridgehead atoms. The van der Waals surface area contributed by atoms with E-state index in [1.807, 2.05) is 70.6 Å². The van der Waals surface area contributed by atoms with E-state index in [2.05, 4.69) is 62.1 Å². The third-order valence-electron chi connectivity index (χ3n) is 3.76. The minimum atomic E-state index is 0. The van der Waals surface area contributed by atoms with Crippen LogP contribution in [0, 0.1) is 0 Å². The topological polar surface area (TPSA) is 0 Å². The number of hydrogen-bond donors (Lipinski definition) is 4. The molecule has 0 fully saturated rings. The maximum absolute atomic E-state index is 5.16. The van der Waals surface area contributed by atoms with Gasteiger partial charge in [-0.2, -0.15) is 144 Å². The Bertz CT molecular complexity index is 339. The van der Waals surface area contributed by atoms with Crippen molar-refractivity contribution in [1.82, 2.24) is 0 Å². The summed E-state index contributed by atoms with van der Waals surface area (Å²) < 4.78 is 0. The van der Waals surface area contributed by atoms with Gasteiger partial charge in [-0.15, -0.1) is 11.6 Å². The molecule has 4 unspecified atom stereocenters. The van der Waals surface area contributed by atoms with E-state index in [1.54, 1.807) is 0 Å². The number of rotatable bonds is 24. The second-order valence-corrected chi connectivity index (χ2v) is 17.5. The molecule has 0 amide bonds. The molecule has 0 spiro atoms. The van der Waals surface area contributed by atoms with Crippen LogP contribution in [0.15, 0.2) is 0 Å². The molecule has 0 rings (SSSR count). The zero-order valence-electron chi connectivity index (χ0n) is 24.9. The fourth-order valence-corrected chi connectivity index (χ4v) is 12.3. The first-order valence-corrected chi connectivity index (χ1v) is 23.4. The molecule has 4 atom stereocenters. The summed E-state index contributed by atoms with van der Waals surface area (Å²) in [4.78, 5) is 0. The van der Waals surface area contributed by atoms with Crippen LogP contribution >= 0.6 is 133 Å². The second kappa shape index (κ2) is 57.5. The van der Waals surface area contributed by atoms with Crippen molar-refractivity contribution in [3.8, 4) is 0 Å². The predicted molar refractivity (Wildman–Crippen MR) is 216 cm³/mol. The van der Waals surface area contributed by atoms with Gasteiger partial charge in [0.25, 0.3) is 0 Å². The average molecular weight is 872 g/mol. The van der Waals surface area contributed by atoms with Crippen molar-refractivity contribution in [2.24, 2.45) is 0 Å². The normalized spacial score (nSPS) is 12.8. The SMILES string of the molecule is CCl.SCCSC(CS)CSCC(CS)SCCS.[Na+].[Na+].[Na+].[Na+].[S-]CCSC(C[S-])CSCC(C[S-])SCC[S-]. The monoisotopic (exact) mass is 870 g/mol. The molecule has 0 heterocycles. The van der Waals surface area contributed by atoms with Gasteiger partial charge in [-0.25, -0.2) is 0 Å². The van der Waals surface area contributed by atoms with Crippen LogP contribution < -0.4 is 118 Å². The maximum atomic E-state index is 5.16. The maximum Gasteiger partial charge on any atom is 1.00 e. The van der Waals surface area contributed by atoms with E-state index in [4.69, 9.17) is 50.5 Å². The summed E-state index contributed by atoms with van der Waals surface area (Å²) in [5.41, 5.74) is 0. The molecular formula is C21H43ClNa4S14. The molecule has 40 heavy (non-hydrogen) atoms. The standard InChI is InChI=1S/2C10H22S7.CH3Cl.4Na/c2*11-1-3-16-9(5-13)7-15-8-10(6-14)17-4-2-12;1-2;;;;/h2*9-14H,1-8H2;1H3;;;;/q;;;4*+1/p-4. The zero-order chi connectivity index (χ0) is 27.9. The fourth-order valence-electron chi connectivity index (χ4n) is 2.13.